The summed E-state index contributed by atoms with van der Waals surface area (Å²) >= 11 is 0. The Morgan fingerprint density at radius 3 is 1.78 bits per heavy atom. The zero-order chi connectivity index (χ0) is 12.8. The van der Waals surface area contributed by atoms with Crippen LogP contribution >= 0.6 is 0 Å². The lowest BCUT2D eigenvalue weighted by atomic mass is 9.53. The van der Waals surface area contributed by atoms with Crippen LogP contribution in [0.25, 0.3) is 0 Å². The van der Waals surface area contributed by atoms with Crippen LogP contribution in [0.5, 0.6) is 0 Å². The van der Waals surface area contributed by atoms with E-state index in [9.17, 15) is 0 Å². The molecule has 4 atom stereocenters. The molecule has 0 aromatic rings. The SMILES string of the molecule is CCCC1C(C)C2CCCCCCCCCCC12. The topological polar surface area (TPSA) is 0 Å². The van der Waals surface area contributed by atoms with E-state index in [1.165, 1.54) is 64.2 Å². The molecule has 0 heteroatoms. The van der Waals surface area contributed by atoms with E-state index in [1.807, 2.05) is 0 Å². The molecule has 0 aromatic heterocycles. The first-order valence-electron chi connectivity index (χ1n) is 8.84. The molecule has 2 fully saturated rings. The van der Waals surface area contributed by atoms with Gasteiger partial charge in [-0.1, -0.05) is 78.1 Å². The van der Waals surface area contributed by atoms with Crippen molar-refractivity contribution in [2.75, 3.05) is 0 Å². The van der Waals surface area contributed by atoms with Gasteiger partial charge in [0, 0.05) is 0 Å². The van der Waals surface area contributed by atoms with Crippen LogP contribution in [-0.2, 0) is 0 Å². The average Bonchev–Trinajstić information content (AvgIpc) is 2.37. The minimum Gasteiger partial charge on any atom is -0.0654 e. The van der Waals surface area contributed by atoms with E-state index in [0.29, 0.717) is 0 Å². The van der Waals surface area contributed by atoms with Crippen molar-refractivity contribution in [3.63, 3.8) is 0 Å². The minimum absolute atomic E-state index is 1.04. The van der Waals surface area contributed by atoms with Crippen molar-refractivity contribution in [2.45, 2.75) is 90.9 Å². The molecule has 0 aliphatic heterocycles. The Morgan fingerprint density at radius 2 is 1.22 bits per heavy atom. The zero-order valence-electron chi connectivity index (χ0n) is 12.8. The van der Waals surface area contributed by atoms with Crippen molar-refractivity contribution < 1.29 is 0 Å². The van der Waals surface area contributed by atoms with Gasteiger partial charge < -0.3 is 0 Å². The van der Waals surface area contributed by atoms with Crippen molar-refractivity contribution >= 4 is 0 Å². The molecule has 0 nitrogen and oxygen atoms in total. The molecule has 0 spiro atoms. The fourth-order valence-corrected chi connectivity index (χ4v) is 4.81. The molecule has 0 amide bonds. The van der Waals surface area contributed by atoms with Gasteiger partial charge in [0.1, 0.15) is 0 Å². The molecule has 0 heterocycles. The highest BCUT2D eigenvalue weighted by molar-refractivity contribution is 4.94. The summed E-state index contributed by atoms with van der Waals surface area (Å²) in [5, 5.41) is 0. The minimum atomic E-state index is 1.04. The Bertz CT molecular complexity index is 220. The van der Waals surface area contributed by atoms with Crippen molar-refractivity contribution in [3.8, 4) is 0 Å². The molecular weight excluding hydrogens is 216 g/mol. The van der Waals surface area contributed by atoms with Gasteiger partial charge in [-0.15, -0.1) is 0 Å². The Balaban J connectivity index is 1.85. The molecule has 0 radical (unpaired) electrons. The predicted molar refractivity (Wildman–Crippen MR) is 80.7 cm³/mol. The zero-order valence-corrected chi connectivity index (χ0v) is 12.8. The fraction of sp³-hybridized carbons (Fsp3) is 1.00. The highest BCUT2D eigenvalue weighted by Gasteiger charge is 2.45. The second kappa shape index (κ2) is 7.56. The van der Waals surface area contributed by atoms with E-state index in [4.69, 9.17) is 0 Å². The first-order chi connectivity index (χ1) is 8.84. The van der Waals surface area contributed by atoms with Gasteiger partial charge in [-0.3, -0.25) is 0 Å². The molecule has 18 heavy (non-hydrogen) atoms. The van der Waals surface area contributed by atoms with Crippen LogP contribution in [0.15, 0.2) is 0 Å². The third-order valence-corrected chi connectivity index (χ3v) is 5.90. The van der Waals surface area contributed by atoms with Crippen LogP contribution < -0.4 is 0 Å². The van der Waals surface area contributed by atoms with Crippen LogP contribution in [0, 0.1) is 23.7 Å². The fourth-order valence-electron chi connectivity index (χ4n) is 4.81. The van der Waals surface area contributed by atoms with Gasteiger partial charge in [-0.2, -0.15) is 0 Å². The highest BCUT2D eigenvalue weighted by atomic mass is 14.5. The maximum atomic E-state index is 2.55. The van der Waals surface area contributed by atoms with Gasteiger partial charge in [0.2, 0.25) is 0 Å². The first kappa shape index (κ1) is 14.4. The molecule has 2 aliphatic rings. The van der Waals surface area contributed by atoms with E-state index in [-0.39, 0.29) is 0 Å². The van der Waals surface area contributed by atoms with Gasteiger partial charge >= 0.3 is 0 Å². The number of rotatable bonds is 2. The Hall–Kier alpha value is 0. The molecular formula is C18H34. The third kappa shape index (κ3) is 3.52. The van der Waals surface area contributed by atoms with Gasteiger partial charge in [-0.05, 0) is 36.5 Å². The average molecular weight is 250 g/mol. The quantitative estimate of drug-likeness (QED) is 0.547. The van der Waals surface area contributed by atoms with Crippen molar-refractivity contribution in [3.05, 3.63) is 0 Å². The largest absolute Gasteiger partial charge is 0.0654 e. The Morgan fingerprint density at radius 1 is 0.722 bits per heavy atom. The van der Waals surface area contributed by atoms with Crippen LogP contribution in [0.4, 0.5) is 0 Å². The van der Waals surface area contributed by atoms with Crippen LogP contribution in [-0.4, -0.2) is 0 Å². The molecule has 0 N–H and O–H groups in total. The molecule has 2 saturated carbocycles. The second-order valence-corrected chi connectivity index (χ2v) is 7.05. The second-order valence-electron chi connectivity index (χ2n) is 7.05. The monoisotopic (exact) mass is 250 g/mol. The molecule has 0 bridgehead atoms. The molecule has 2 rings (SSSR count). The number of hydrogen-bond acceptors (Lipinski definition) is 0. The first-order valence-corrected chi connectivity index (χ1v) is 8.84. The lowest BCUT2D eigenvalue weighted by molar-refractivity contribution is -0.0304. The summed E-state index contributed by atoms with van der Waals surface area (Å²) in [6.45, 7) is 4.92. The van der Waals surface area contributed by atoms with E-state index in [2.05, 4.69) is 13.8 Å². The summed E-state index contributed by atoms with van der Waals surface area (Å²) in [5.41, 5.74) is 0. The molecule has 106 valence electrons. The molecule has 2 aliphatic carbocycles. The molecule has 0 aromatic carbocycles. The summed E-state index contributed by atoms with van der Waals surface area (Å²) in [6.07, 6.45) is 18.1. The van der Waals surface area contributed by atoms with E-state index < -0.39 is 0 Å². The standard InChI is InChI=1S/C18H34/c1-3-12-16-15(2)17-13-10-8-6-4-5-7-9-11-14-18(16)17/h15-18H,3-14H2,1-2H3. The van der Waals surface area contributed by atoms with Crippen LogP contribution in [0.2, 0.25) is 0 Å². The van der Waals surface area contributed by atoms with E-state index in [1.54, 1.807) is 12.8 Å². The third-order valence-electron chi connectivity index (χ3n) is 5.90. The van der Waals surface area contributed by atoms with Crippen molar-refractivity contribution in [1.82, 2.24) is 0 Å². The van der Waals surface area contributed by atoms with Gasteiger partial charge in [0.15, 0.2) is 0 Å². The molecule has 4 unspecified atom stereocenters. The maximum absolute atomic E-state index is 2.55. The normalized spacial score (nSPS) is 39.0. The Labute approximate surface area is 115 Å². The lowest BCUT2D eigenvalue weighted by Crippen LogP contribution is -2.45. The van der Waals surface area contributed by atoms with Crippen LogP contribution in [0.3, 0.4) is 0 Å². The summed E-state index contributed by atoms with van der Waals surface area (Å²) < 4.78 is 0. The van der Waals surface area contributed by atoms with Crippen molar-refractivity contribution in [2.24, 2.45) is 23.7 Å². The van der Waals surface area contributed by atoms with E-state index >= 15 is 0 Å². The van der Waals surface area contributed by atoms with E-state index in [0.717, 1.165) is 23.7 Å². The van der Waals surface area contributed by atoms with Gasteiger partial charge in [0.25, 0.3) is 0 Å². The number of fused-ring (bicyclic) bond motifs is 1. The number of hydrogen-bond donors (Lipinski definition) is 0. The summed E-state index contributed by atoms with van der Waals surface area (Å²) in [4.78, 5) is 0. The van der Waals surface area contributed by atoms with Crippen LogP contribution in [0.1, 0.15) is 90.9 Å². The summed E-state index contributed by atoms with van der Waals surface area (Å²) in [6, 6.07) is 0. The predicted octanol–water partition coefficient (Wildman–Crippen LogP) is 6.20. The molecule has 0 saturated heterocycles. The summed E-state index contributed by atoms with van der Waals surface area (Å²) in [5.74, 6) is 4.33. The smallest absolute Gasteiger partial charge is 0.0352 e. The lowest BCUT2D eigenvalue weighted by Gasteiger charge is -2.52. The Kier molecular flexibility index (Phi) is 6.05. The van der Waals surface area contributed by atoms with Crippen molar-refractivity contribution in [1.29, 1.82) is 0 Å². The van der Waals surface area contributed by atoms with Gasteiger partial charge in [-0.25, -0.2) is 0 Å². The summed E-state index contributed by atoms with van der Waals surface area (Å²) in [7, 11) is 0. The highest BCUT2D eigenvalue weighted by Crippen LogP contribution is 2.52. The van der Waals surface area contributed by atoms with Gasteiger partial charge in [0.05, 0.1) is 0 Å². The maximum Gasteiger partial charge on any atom is -0.0352 e.